The highest BCUT2D eigenvalue weighted by Gasteiger charge is 2.11. The molecule has 0 N–H and O–H groups in total. The zero-order chi connectivity index (χ0) is 17.8. The normalized spacial score (nSPS) is 12.1. The van der Waals surface area contributed by atoms with Crippen molar-refractivity contribution in [3.05, 3.63) is 49.9 Å². The van der Waals surface area contributed by atoms with Crippen molar-refractivity contribution >= 4 is 44.8 Å². The van der Waals surface area contributed by atoms with Gasteiger partial charge in [0.2, 0.25) is 4.80 Å². The number of thiazole rings is 1. The Morgan fingerprint density at radius 2 is 2.00 bits per heavy atom. The van der Waals surface area contributed by atoms with Gasteiger partial charge in [-0.3, -0.25) is 4.99 Å². The van der Waals surface area contributed by atoms with Gasteiger partial charge in [0.1, 0.15) is 0 Å². The topological polar surface area (TPSA) is 48.1 Å². The first-order valence-corrected chi connectivity index (χ1v) is 9.81. The molecule has 3 rings (SSSR count). The lowest BCUT2D eigenvalue weighted by molar-refractivity contribution is 0.354. The van der Waals surface area contributed by atoms with E-state index in [2.05, 4.69) is 37.5 Å². The van der Waals surface area contributed by atoms with Gasteiger partial charge in [-0.15, -0.1) is 22.7 Å². The van der Waals surface area contributed by atoms with Gasteiger partial charge in [-0.25, -0.2) is 4.68 Å². The molecule has 0 unspecified atom stereocenters. The van der Waals surface area contributed by atoms with E-state index >= 15 is 0 Å². The minimum absolute atomic E-state index is 0.653. The predicted octanol–water partition coefficient (Wildman–Crippen LogP) is 4.47. The maximum absolute atomic E-state index is 5.46. The van der Waals surface area contributed by atoms with Crippen molar-refractivity contribution in [2.75, 3.05) is 21.3 Å². The van der Waals surface area contributed by atoms with Crippen molar-refractivity contribution < 1.29 is 9.47 Å². The predicted molar refractivity (Wildman–Crippen MR) is 107 cm³/mol. The van der Waals surface area contributed by atoms with Crippen molar-refractivity contribution in [3.8, 4) is 22.1 Å². The van der Waals surface area contributed by atoms with Crippen LogP contribution in [-0.2, 0) is 0 Å². The van der Waals surface area contributed by atoms with Crippen LogP contribution >= 0.6 is 38.6 Å². The molecule has 0 aliphatic carbocycles. The van der Waals surface area contributed by atoms with Crippen molar-refractivity contribution in [1.29, 1.82) is 0 Å². The van der Waals surface area contributed by atoms with E-state index in [0.717, 1.165) is 24.7 Å². The third-order valence-electron chi connectivity index (χ3n) is 3.45. The lowest BCUT2D eigenvalue weighted by Crippen LogP contribution is -2.11. The Morgan fingerprint density at radius 3 is 2.64 bits per heavy atom. The molecule has 0 spiro atoms. The van der Waals surface area contributed by atoms with Crippen molar-refractivity contribution in [2.24, 2.45) is 10.1 Å². The molecule has 0 aliphatic heterocycles. The highest BCUT2D eigenvalue weighted by molar-refractivity contribution is 9.11. The number of benzene rings is 1. The maximum atomic E-state index is 5.46. The number of hydrogen-bond acceptors (Lipinski definition) is 6. The number of thiophene rings is 1. The van der Waals surface area contributed by atoms with E-state index in [1.807, 2.05) is 28.9 Å². The molecule has 5 nitrogen and oxygen atoms in total. The first-order chi connectivity index (χ1) is 12.2. The van der Waals surface area contributed by atoms with Crippen LogP contribution in [0.15, 0.2) is 49.6 Å². The molecule has 8 heteroatoms. The quantitative estimate of drug-likeness (QED) is 0.552. The summed E-state index contributed by atoms with van der Waals surface area (Å²) in [4.78, 5) is 6.25. The van der Waals surface area contributed by atoms with Crippen LogP contribution in [0.2, 0.25) is 0 Å². The summed E-state index contributed by atoms with van der Waals surface area (Å²) in [6, 6.07) is 9.79. The van der Waals surface area contributed by atoms with E-state index in [1.54, 1.807) is 50.2 Å². The van der Waals surface area contributed by atoms with Crippen molar-refractivity contribution in [3.63, 3.8) is 0 Å². The van der Waals surface area contributed by atoms with Gasteiger partial charge >= 0.3 is 0 Å². The summed E-state index contributed by atoms with van der Waals surface area (Å²) >= 11 is 6.72. The Morgan fingerprint density at radius 1 is 1.16 bits per heavy atom. The molecule has 0 bridgehead atoms. The second-order valence-electron chi connectivity index (χ2n) is 4.87. The van der Waals surface area contributed by atoms with Gasteiger partial charge in [0.15, 0.2) is 11.5 Å². The van der Waals surface area contributed by atoms with Gasteiger partial charge in [-0.05, 0) is 40.2 Å². The summed E-state index contributed by atoms with van der Waals surface area (Å²) in [7, 11) is 5.00. The highest BCUT2D eigenvalue weighted by Crippen LogP contribution is 2.32. The number of nitrogens with zero attached hydrogens (tertiary/aromatic N) is 3. The molecule has 0 fully saturated rings. The zero-order valence-corrected chi connectivity index (χ0v) is 17.1. The molecule has 0 aliphatic rings. The van der Waals surface area contributed by atoms with Gasteiger partial charge < -0.3 is 9.47 Å². The Labute approximate surface area is 162 Å². The lowest BCUT2D eigenvalue weighted by Gasteiger charge is -2.09. The number of methoxy groups -OCH3 is 2. The van der Waals surface area contributed by atoms with E-state index in [4.69, 9.17) is 9.47 Å². The van der Waals surface area contributed by atoms with Crippen molar-refractivity contribution in [2.45, 2.75) is 0 Å². The second-order valence-corrected chi connectivity index (χ2v) is 8.17. The van der Waals surface area contributed by atoms with E-state index in [-0.39, 0.29) is 0 Å². The lowest BCUT2D eigenvalue weighted by atomic mass is 10.2. The summed E-state index contributed by atoms with van der Waals surface area (Å²) in [5, 5.41) is 6.70. The minimum atomic E-state index is 0.653. The smallest absolute Gasteiger partial charge is 0.205 e. The van der Waals surface area contributed by atoms with E-state index in [0.29, 0.717) is 11.5 Å². The fourth-order valence-corrected chi connectivity index (χ4v) is 4.58. The number of hydrogen-bond donors (Lipinski definition) is 0. The average molecular weight is 438 g/mol. The summed E-state index contributed by atoms with van der Waals surface area (Å²) in [5.41, 5.74) is 1.83. The van der Waals surface area contributed by atoms with Gasteiger partial charge in [0, 0.05) is 18.0 Å². The summed E-state index contributed by atoms with van der Waals surface area (Å²) in [6.45, 7) is 0. The minimum Gasteiger partial charge on any atom is -0.493 e. The van der Waals surface area contributed by atoms with E-state index < -0.39 is 0 Å². The Bertz CT molecular complexity index is 972. The van der Waals surface area contributed by atoms with Crippen LogP contribution in [0.1, 0.15) is 5.56 Å². The van der Waals surface area contributed by atoms with Gasteiger partial charge in [-0.2, -0.15) is 5.10 Å². The van der Waals surface area contributed by atoms with Crippen LogP contribution in [0.25, 0.3) is 10.6 Å². The van der Waals surface area contributed by atoms with Crippen LogP contribution in [0, 0.1) is 0 Å². The van der Waals surface area contributed by atoms with Crippen molar-refractivity contribution in [1.82, 2.24) is 4.68 Å². The third kappa shape index (κ3) is 3.70. The Kier molecular flexibility index (Phi) is 5.72. The van der Waals surface area contributed by atoms with E-state index in [1.165, 1.54) is 0 Å². The van der Waals surface area contributed by atoms with Crippen LogP contribution in [0.4, 0.5) is 0 Å². The molecular formula is C17H16BrN3O2S2. The monoisotopic (exact) mass is 437 g/mol. The Balaban J connectivity index is 2.07. The summed E-state index contributed by atoms with van der Waals surface area (Å²) in [6.07, 6.45) is 1.76. The third-order valence-corrected chi connectivity index (χ3v) is 6.00. The highest BCUT2D eigenvalue weighted by atomic mass is 79.9. The first kappa shape index (κ1) is 17.9. The van der Waals surface area contributed by atoms with Gasteiger partial charge in [0.25, 0.3) is 0 Å². The second kappa shape index (κ2) is 7.99. The molecule has 0 amide bonds. The van der Waals surface area contributed by atoms with Gasteiger partial charge in [0.05, 0.1) is 34.8 Å². The SMILES string of the molecule is CN=c1scc(-c2ccc(Br)s2)n1N=Cc1cccc(OC)c1OC. The molecule has 0 saturated carbocycles. The largest absolute Gasteiger partial charge is 0.493 e. The van der Waals surface area contributed by atoms with E-state index in [9.17, 15) is 0 Å². The molecule has 2 heterocycles. The number of rotatable bonds is 5. The maximum Gasteiger partial charge on any atom is 0.205 e. The van der Waals surface area contributed by atoms with Crippen LogP contribution in [0.3, 0.4) is 0 Å². The molecule has 2 aromatic heterocycles. The molecule has 0 radical (unpaired) electrons. The van der Waals surface area contributed by atoms with Crippen LogP contribution in [-0.4, -0.2) is 32.2 Å². The average Bonchev–Trinajstić information content (AvgIpc) is 3.24. The number of halogens is 1. The molecule has 0 atom stereocenters. The molecule has 25 heavy (non-hydrogen) atoms. The molecular weight excluding hydrogens is 422 g/mol. The fraction of sp³-hybridized carbons (Fsp3) is 0.176. The molecule has 1 aromatic carbocycles. The molecule has 130 valence electrons. The first-order valence-electron chi connectivity index (χ1n) is 7.32. The molecule has 0 saturated heterocycles. The zero-order valence-electron chi connectivity index (χ0n) is 13.9. The van der Waals surface area contributed by atoms with Crippen LogP contribution in [0.5, 0.6) is 11.5 Å². The molecule has 3 aromatic rings. The Hall–Kier alpha value is -1.90. The standard InChI is InChI=1S/C17H16BrN3O2S2/c1-19-17-21(12(10-24-17)14-7-8-15(18)25-14)20-9-11-5-4-6-13(22-2)16(11)23-3/h4-10H,1-3H3. The summed E-state index contributed by atoms with van der Waals surface area (Å²) < 4.78 is 13.7. The van der Waals surface area contributed by atoms with Crippen LogP contribution < -0.4 is 14.3 Å². The van der Waals surface area contributed by atoms with Gasteiger partial charge in [-0.1, -0.05) is 6.07 Å². The fourth-order valence-electron chi connectivity index (χ4n) is 2.32. The number of para-hydroxylation sites is 1. The summed E-state index contributed by atoms with van der Waals surface area (Å²) in [5.74, 6) is 1.32. The number of ether oxygens (including phenoxy) is 2. The number of aromatic nitrogens is 1.